The fourth-order valence-electron chi connectivity index (χ4n) is 3.56. The lowest BCUT2D eigenvalue weighted by Crippen LogP contribution is -2.58. The summed E-state index contributed by atoms with van der Waals surface area (Å²) in [5.74, 6) is -4.33. The molecule has 4 atom stereocenters. The van der Waals surface area contributed by atoms with Gasteiger partial charge >= 0.3 is 17.9 Å². The maximum absolute atomic E-state index is 12.3. The molecule has 0 amide bonds. The molecule has 0 aliphatic heterocycles. The quantitative estimate of drug-likeness (QED) is 0.183. The third-order valence-corrected chi connectivity index (χ3v) is 5.49. The molecule has 3 rings (SSSR count). The summed E-state index contributed by atoms with van der Waals surface area (Å²) < 4.78 is 10.3. The summed E-state index contributed by atoms with van der Waals surface area (Å²) in [6.07, 6.45) is -1.39. The first-order valence-corrected chi connectivity index (χ1v) is 10.7. The number of carboxylic acid groups (broad SMARTS) is 1. The van der Waals surface area contributed by atoms with Crippen molar-refractivity contribution < 1.29 is 54.5 Å². The Morgan fingerprint density at radius 1 is 0.806 bits per heavy atom. The number of ether oxygens (including phenoxy) is 2. The highest BCUT2D eigenvalue weighted by atomic mass is 16.6. The molecule has 1 saturated carbocycles. The van der Waals surface area contributed by atoms with Gasteiger partial charge < -0.3 is 40.1 Å². The number of esters is 2. The highest BCUT2D eigenvalue weighted by Crippen LogP contribution is 2.33. The van der Waals surface area contributed by atoms with Gasteiger partial charge in [-0.2, -0.15) is 0 Å². The number of carboxylic acids is 1. The Morgan fingerprint density at radius 3 is 1.81 bits per heavy atom. The van der Waals surface area contributed by atoms with Crippen molar-refractivity contribution in [2.45, 2.75) is 36.8 Å². The van der Waals surface area contributed by atoms with Gasteiger partial charge in [-0.25, -0.2) is 14.4 Å². The molecule has 2 unspecified atom stereocenters. The van der Waals surface area contributed by atoms with E-state index in [1.807, 2.05) is 0 Å². The third-order valence-electron chi connectivity index (χ3n) is 5.49. The Labute approximate surface area is 204 Å². The monoisotopic (exact) mass is 500 g/mol. The van der Waals surface area contributed by atoms with Gasteiger partial charge in [0.25, 0.3) is 0 Å². The average molecular weight is 500 g/mol. The first kappa shape index (κ1) is 26.3. The van der Waals surface area contributed by atoms with E-state index in [0.29, 0.717) is 11.1 Å². The molecule has 1 aliphatic rings. The summed E-state index contributed by atoms with van der Waals surface area (Å²) in [5.41, 5.74) is -1.56. The molecule has 0 aromatic heterocycles. The summed E-state index contributed by atoms with van der Waals surface area (Å²) in [6.45, 7) is 0. The van der Waals surface area contributed by atoms with Crippen LogP contribution in [0.1, 0.15) is 24.0 Å². The van der Waals surface area contributed by atoms with Gasteiger partial charge in [0.15, 0.2) is 17.1 Å². The Kier molecular flexibility index (Phi) is 7.97. The molecule has 1 fully saturated rings. The SMILES string of the molecule is O=C(/C=C/c1ccc(O)cc1)O[C@H]1CC(O)(C(=O)O)C[C@H](OC(=O)/C=C/c2ccc(O)c(O)c2)C1O. The first-order valence-electron chi connectivity index (χ1n) is 10.7. The predicted octanol–water partition coefficient (Wildman–Crippen LogP) is 1.32. The van der Waals surface area contributed by atoms with Crippen molar-refractivity contribution >= 4 is 30.1 Å². The van der Waals surface area contributed by atoms with Crippen molar-refractivity contribution in [2.24, 2.45) is 0 Å². The lowest BCUT2D eigenvalue weighted by atomic mass is 9.79. The van der Waals surface area contributed by atoms with Crippen LogP contribution in [0.2, 0.25) is 0 Å². The van der Waals surface area contributed by atoms with E-state index in [2.05, 4.69) is 0 Å². The number of aliphatic carboxylic acids is 1. The number of carbonyl (C=O) groups is 3. The van der Waals surface area contributed by atoms with E-state index in [4.69, 9.17) is 9.47 Å². The number of aliphatic hydroxyl groups is 2. The van der Waals surface area contributed by atoms with Gasteiger partial charge in [0.1, 0.15) is 24.1 Å². The predicted molar refractivity (Wildman–Crippen MR) is 124 cm³/mol. The second kappa shape index (κ2) is 10.9. The van der Waals surface area contributed by atoms with E-state index in [1.165, 1.54) is 54.6 Å². The van der Waals surface area contributed by atoms with Crippen LogP contribution in [-0.4, -0.2) is 72.5 Å². The average Bonchev–Trinajstić information content (AvgIpc) is 2.82. The molecule has 190 valence electrons. The molecule has 11 nitrogen and oxygen atoms in total. The van der Waals surface area contributed by atoms with Gasteiger partial charge in [-0.1, -0.05) is 18.2 Å². The van der Waals surface area contributed by atoms with Crippen molar-refractivity contribution in [3.63, 3.8) is 0 Å². The van der Waals surface area contributed by atoms with Gasteiger partial charge in [-0.15, -0.1) is 0 Å². The van der Waals surface area contributed by atoms with Gasteiger partial charge in [0.05, 0.1) is 0 Å². The topological polar surface area (TPSA) is 191 Å². The highest BCUT2D eigenvalue weighted by Gasteiger charge is 2.52. The number of phenolic OH excluding ortho intramolecular Hbond substituents is 3. The number of hydrogen-bond donors (Lipinski definition) is 6. The highest BCUT2D eigenvalue weighted by molar-refractivity contribution is 5.88. The number of benzene rings is 2. The number of aromatic hydroxyl groups is 3. The largest absolute Gasteiger partial charge is 0.508 e. The summed E-state index contributed by atoms with van der Waals surface area (Å²) in [7, 11) is 0. The second-order valence-electron chi connectivity index (χ2n) is 8.19. The van der Waals surface area contributed by atoms with Gasteiger partial charge in [0.2, 0.25) is 0 Å². The first-order chi connectivity index (χ1) is 17.0. The molecule has 2 aromatic rings. The molecule has 6 N–H and O–H groups in total. The van der Waals surface area contributed by atoms with Crippen LogP contribution in [0, 0.1) is 0 Å². The van der Waals surface area contributed by atoms with Crippen molar-refractivity contribution in [2.75, 3.05) is 0 Å². The molecule has 0 radical (unpaired) electrons. The lowest BCUT2D eigenvalue weighted by Gasteiger charge is -2.40. The summed E-state index contributed by atoms with van der Waals surface area (Å²) in [4.78, 5) is 36.2. The van der Waals surface area contributed by atoms with E-state index < -0.39 is 60.4 Å². The molecule has 0 bridgehead atoms. The second-order valence-corrected chi connectivity index (χ2v) is 8.19. The van der Waals surface area contributed by atoms with E-state index in [0.717, 1.165) is 12.2 Å². The molecule has 11 heteroatoms. The van der Waals surface area contributed by atoms with E-state index in [1.54, 1.807) is 0 Å². The van der Waals surface area contributed by atoms with Crippen LogP contribution in [0.3, 0.4) is 0 Å². The van der Waals surface area contributed by atoms with Crippen molar-refractivity contribution in [1.82, 2.24) is 0 Å². The lowest BCUT2D eigenvalue weighted by molar-refractivity contribution is -0.203. The number of rotatable bonds is 7. The molecule has 1 aliphatic carbocycles. The van der Waals surface area contributed by atoms with Crippen LogP contribution in [0.4, 0.5) is 0 Å². The third kappa shape index (κ3) is 6.62. The van der Waals surface area contributed by atoms with Gasteiger partial charge in [0, 0.05) is 25.0 Å². The normalized spacial score (nSPS) is 24.0. The number of phenols is 3. The zero-order valence-corrected chi connectivity index (χ0v) is 18.7. The van der Waals surface area contributed by atoms with Crippen LogP contribution in [0.25, 0.3) is 12.2 Å². The minimum atomic E-state index is -2.44. The Hall–Kier alpha value is -4.35. The number of carbonyl (C=O) groups excluding carboxylic acids is 2. The zero-order valence-electron chi connectivity index (χ0n) is 18.7. The fourth-order valence-corrected chi connectivity index (χ4v) is 3.56. The van der Waals surface area contributed by atoms with E-state index in [9.17, 15) is 45.0 Å². The molecule has 0 heterocycles. The zero-order chi connectivity index (χ0) is 26.5. The van der Waals surface area contributed by atoms with Gasteiger partial charge in [-0.3, -0.25) is 0 Å². The fraction of sp³-hybridized carbons (Fsp3) is 0.240. The summed E-state index contributed by atoms with van der Waals surface area (Å²) >= 11 is 0. The van der Waals surface area contributed by atoms with Gasteiger partial charge in [-0.05, 0) is 47.5 Å². The molecule has 2 aromatic carbocycles. The Morgan fingerprint density at radius 2 is 1.31 bits per heavy atom. The molecule has 0 spiro atoms. The minimum Gasteiger partial charge on any atom is -0.508 e. The molecule has 0 saturated heterocycles. The van der Waals surface area contributed by atoms with E-state index in [-0.39, 0.29) is 11.5 Å². The van der Waals surface area contributed by atoms with Crippen LogP contribution >= 0.6 is 0 Å². The standard InChI is InChI=1S/C25H24O11/c26-16-6-1-14(2-7-16)4-9-21(29)35-19-12-25(34,24(32)33)13-20(23(19)31)36-22(30)10-5-15-3-8-17(27)18(28)11-15/h1-11,19-20,23,26-28,31,34H,12-13H2,(H,32,33)/b9-4+,10-5+/t19-,20-,23?,25?/m0/s1. The summed E-state index contributed by atoms with van der Waals surface area (Å²) in [5, 5.41) is 58.7. The van der Waals surface area contributed by atoms with E-state index >= 15 is 0 Å². The number of aliphatic hydroxyl groups excluding tert-OH is 1. The van der Waals surface area contributed by atoms with Crippen LogP contribution < -0.4 is 0 Å². The Bertz CT molecular complexity index is 1180. The molecular weight excluding hydrogens is 476 g/mol. The number of hydrogen-bond acceptors (Lipinski definition) is 10. The summed E-state index contributed by atoms with van der Waals surface area (Å²) in [6, 6.07) is 9.65. The van der Waals surface area contributed by atoms with Crippen LogP contribution in [-0.2, 0) is 23.9 Å². The maximum atomic E-state index is 12.3. The maximum Gasteiger partial charge on any atom is 0.335 e. The van der Waals surface area contributed by atoms with Crippen molar-refractivity contribution in [3.8, 4) is 17.2 Å². The van der Waals surface area contributed by atoms with Crippen LogP contribution in [0.15, 0.2) is 54.6 Å². The molecule has 36 heavy (non-hydrogen) atoms. The molecular formula is C25H24O11. The van der Waals surface area contributed by atoms with Crippen molar-refractivity contribution in [3.05, 3.63) is 65.7 Å². The van der Waals surface area contributed by atoms with Crippen LogP contribution in [0.5, 0.6) is 17.2 Å². The minimum absolute atomic E-state index is 0.0321. The Balaban J connectivity index is 1.70. The smallest absolute Gasteiger partial charge is 0.335 e. The van der Waals surface area contributed by atoms with Crippen molar-refractivity contribution in [1.29, 1.82) is 0 Å².